The number of urea groups is 1. The van der Waals surface area contributed by atoms with Crippen LogP contribution in [0.4, 0.5) is 10.6 Å². The van der Waals surface area contributed by atoms with E-state index in [4.69, 9.17) is 14.4 Å². The molecule has 1 saturated carbocycles. The zero-order valence-corrected chi connectivity index (χ0v) is 19.4. The van der Waals surface area contributed by atoms with Crippen molar-refractivity contribution in [1.82, 2.24) is 24.8 Å². The number of hydrogen-bond acceptors (Lipinski definition) is 11. The molecule has 5 N–H and O–H groups in total. The maximum atomic E-state index is 12.3. The van der Waals surface area contributed by atoms with Gasteiger partial charge in [-0.25, -0.2) is 19.7 Å². The van der Waals surface area contributed by atoms with Crippen molar-refractivity contribution >= 4 is 36.6 Å². The molecule has 2 aromatic rings. The van der Waals surface area contributed by atoms with Crippen LogP contribution in [0.2, 0.25) is 0 Å². The molecule has 1 saturated heterocycles. The van der Waals surface area contributed by atoms with Gasteiger partial charge in [0.15, 0.2) is 23.2 Å². The molecule has 3 unspecified atom stereocenters. The van der Waals surface area contributed by atoms with Crippen LogP contribution in [0.1, 0.15) is 38.3 Å². The fraction of sp³-hybridized carbons (Fsp3) is 0.632. The largest absolute Gasteiger partial charge is 0.778 e. The van der Waals surface area contributed by atoms with Gasteiger partial charge in [-0.2, -0.15) is 0 Å². The number of hydrogen-bond donors (Lipinski definition) is 5. The lowest BCUT2D eigenvalue weighted by Crippen LogP contribution is -2.36. The molecule has 0 spiro atoms. The van der Waals surface area contributed by atoms with Crippen molar-refractivity contribution in [1.29, 1.82) is 0 Å². The van der Waals surface area contributed by atoms with Crippen LogP contribution < -0.4 is 15.5 Å². The lowest BCUT2D eigenvalue weighted by molar-refractivity contribution is -0.202. The Balaban J connectivity index is 1.44. The number of carboxylic acids is 1. The molecule has 0 bridgehead atoms. The quantitative estimate of drug-likeness (QED) is 0.269. The third kappa shape index (κ3) is 5.94. The minimum Gasteiger partial charge on any atom is -0.778 e. The fourth-order valence-corrected chi connectivity index (χ4v) is 5.08. The molecule has 2 fully saturated rings. The summed E-state index contributed by atoms with van der Waals surface area (Å²) in [7, 11) is -4.49. The Morgan fingerprint density at radius 3 is 2.69 bits per heavy atom. The predicted molar refractivity (Wildman–Crippen MR) is 116 cm³/mol. The number of anilines is 1. The number of carboxylic acid groups (broad SMARTS) is 1. The average molecular weight is 513 g/mol. The van der Waals surface area contributed by atoms with Crippen LogP contribution in [0.15, 0.2) is 12.7 Å². The van der Waals surface area contributed by atoms with E-state index >= 15 is 0 Å². The highest BCUT2D eigenvalue weighted by molar-refractivity contribution is 7.51. The second-order valence-electron chi connectivity index (χ2n) is 8.45. The van der Waals surface area contributed by atoms with Gasteiger partial charge in [-0.15, -0.1) is 0 Å². The molecule has 0 radical (unpaired) electrons. The summed E-state index contributed by atoms with van der Waals surface area (Å²) < 4.78 is 23.6. The molecule has 1 aliphatic heterocycles. The number of aliphatic carboxylic acids is 1. The summed E-state index contributed by atoms with van der Waals surface area (Å²) in [5.41, 5.74) is 0.418. The minimum absolute atomic E-state index is 0.0983. The van der Waals surface area contributed by atoms with E-state index in [2.05, 4.69) is 25.6 Å². The number of imidazole rings is 1. The van der Waals surface area contributed by atoms with E-state index in [9.17, 15) is 29.3 Å². The number of amides is 2. The highest BCUT2D eigenvalue weighted by atomic mass is 31.2. The highest BCUT2D eigenvalue weighted by Gasteiger charge is 2.44. The van der Waals surface area contributed by atoms with E-state index in [0.29, 0.717) is 0 Å². The van der Waals surface area contributed by atoms with Crippen molar-refractivity contribution in [2.24, 2.45) is 0 Å². The Bertz CT molecular complexity index is 1120. The standard InChI is InChI=1S/C19H27N6O9P/c26-12(27)5-6-35(31,32)33-7-11-14(28)15(29)18(34-11)25-9-22-13-16(20-8-21-17(13)25)24-19(30)23-10-3-1-2-4-10/h8-11,14-15,18,28-29H,1-7H2,(H,26,27)(H,31,32)(H2,20,21,23,24,30)/p-1/t11-,14?,15?,18-/m1/s1. The zero-order valence-electron chi connectivity index (χ0n) is 18.5. The van der Waals surface area contributed by atoms with Crippen LogP contribution in [0, 0.1) is 0 Å². The maximum Gasteiger partial charge on any atom is 0.320 e. The van der Waals surface area contributed by atoms with Gasteiger partial charge in [-0.1, -0.05) is 12.8 Å². The first-order valence-corrected chi connectivity index (χ1v) is 12.8. The highest BCUT2D eigenvalue weighted by Crippen LogP contribution is 2.40. The Morgan fingerprint density at radius 1 is 1.23 bits per heavy atom. The molecule has 35 heavy (non-hydrogen) atoms. The molecule has 16 heteroatoms. The summed E-state index contributed by atoms with van der Waals surface area (Å²) in [6.45, 7) is -0.620. The first kappa shape index (κ1) is 25.4. The number of aliphatic hydroxyl groups is 2. The Morgan fingerprint density at radius 2 is 1.97 bits per heavy atom. The van der Waals surface area contributed by atoms with Gasteiger partial charge in [0.25, 0.3) is 0 Å². The third-order valence-electron chi connectivity index (χ3n) is 5.93. The van der Waals surface area contributed by atoms with Crippen molar-refractivity contribution in [2.45, 2.75) is 62.7 Å². The van der Waals surface area contributed by atoms with Gasteiger partial charge in [0.1, 0.15) is 32.2 Å². The predicted octanol–water partition coefficient (Wildman–Crippen LogP) is -0.446. The summed E-state index contributed by atoms with van der Waals surface area (Å²) >= 11 is 0. The lowest BCUT2D eigenvalue weighted by Gasteiger charge is -2.25. The van der Waals surface area contributed by atoms with E-state index < -0.39 is 63.3 Å². The third-order valence-corrected chi connectivity index (χ3v) is 7.24. The smallest absolute Gasteiger partial charge is 0.320 e. The van der Waals surface area contributed by atoms with Crippen molar-refractivity contribution in [3.05, 3.63) is 12.7 Å². The molecule has 5 atom stereocenters. The molecule has 3 heterocycles. The maximum absolute atomic E-state index is 12.3. The molecule has 4 rings (SSSR count). The van der Waals surface area contributed by atoms with Gasteiger partial charge < -0.3 is 39.4 Å². The van der Waals surface area contributed by atoms with Gasteiger partial charge in [0.05, 0.1) is 19.4 Å². The number of carbonyl (C=O) groups excluding carboxylic acids is 1. The van der Waals surface area contributed by atoms with Gasteiger partial charge >= 0.3 is 12.0 Å². The lowest BCUT2D eigenvalue weighted by atomic mass is 10.1. The first-order chi connectivity index (χ1) is 16.6. The number of carbonyl (C=O) groups is 2. The van der Waals surface area contributed by atoms with E-state index in [-0.39, 0.29) is 23.0 Å². The van der Waals surface area contributed by atoms with Gasteiger partial charge in [-0.3, -0.25) is 14.7 Å². The summed E-state index contributed by atoms with van der Waals surface area (Å²) in [4.78, 5) is 47.2. The number of nitrogens with one attached hydrogen (secondary N) is 2. The monoisotopic (exact) mass is 513 g/mol. The van der Waals surface area contributed by atoms with E-state index in [1.54, 1.807) is 0 Å². The van der Waals surface area contributed by atoms with Gasteiger partial charge in [0, 0.05) is 12.2 Å². The second kappa shape index (κ2) is 10.5. The normalized spacial score (nSPS) is 26.6. The number of fused-ring (bicyclic) bond motifs is 1. The summed E-state index contributed by atoms with van der Waals surface area (Å²) in [6.07, 6.45) is -0.335. The molecule has 0 aromatic carbocycles. The number of nitrogens with zero attached hydrogens (tertiary/aromatic N) is 4. The summed E-state index contributed by atoms with van der Waals surface area (Å²) in [5.74, 6) is -1.15. The summed E-state index contributed by atoms with van der Waals surface area (Å²) in [5, 5.41) is 35.0. The number of aromatic nitrogens is 4. The number of aliphatic hydroxyl groups excluding tert-OH is 2. The SMILES string of the molecule is O=C(O)CCP(=O)([O-])OC[C@H]1O[C@@H](n2cnc3c(NC(=O)NC4CCCC4)ncnc32)C(O)C1O. The minimum atomic E-state index is -4.49. The van der Waals surface area contributed by atoms with Gasteiger partial charge in [-0.05, 0) is 12.8 Å². The Kier molecular flexibility index (Phi) is 7.64. The molecular weight excluding hydrogens is 487 g/mol. The van der Waals surface area contributed by atoms with Crippen LogP contribution in [-0.4, -0.2) is 84.0 Å². The van der Waals surface area contributed by atoms with Crippen LogP contribution >= 0.6 is 7.60 Å². The van der Waals surface area contributed by atoms with Crippen LogP contribution in [0.25, 0.3) is 11.2 Å². The Labute approximate surface area is 199 Å². The molecule has 2 aromatic heterocycles. The van der Waals surface area contributed by atoms with Crippen LogP contribution in [-0.2, 0) is 18.6 Å². The molecule has 2 amide bonds. The molecule has 15 nitrogen and oxygen atoms in total. The first-order valence-electron chi connectivity index (χ1n) is 11.1. The molecule has 1 aliphatic carbocycles. The number of ether oxygens (including phenoxy) is 1. The Hall–Kier alpha value is -2.68. The van der Waals surface area contributed by atoms with E-state index in [0.717, 1.165) is 25.7 Å². The molecule has 2 aliphatic rings. The van der Waals surface area contributed by atoms with Crippen molar-refractivity contribution in [3.63, 3.8) is 0 Å². The molecule has 192 valence electrons. The molecular formula is C19H26N6O9P-. The van der Waals surface area contributed by atoms with E-state index in [1.165, 1.54) is 17.2 Å². The van der Waals surface area contributed by atoms with Crippen molar-refractivity contribution in [3.8, 4) is 0 Å². The topological polar surface area (TPSA) is 221 Å². The van der Waals surface area contributed by atoms with Crippen molar-refractivity contribution < 1.29 is 43.6 Å². The fourth-order valence-electron chi connectivity index (χ4n) is 4.11. The van der Waals surface area contributed by atoms with Crippen molar-refractivity contribution in [2.75, 3.05) is 18.1 Å². The van der Waals surface area contributed by atoms with Gasteiger partial charge in [0.2, 0.25) is 0 Å². The number of rotatable bonds is 9. The zero-order chi connectivity index (χ0) is 25.2. The second-order valence-corrected chi connectivity index (χ2v) is 10.4. The van der Waals surface area contributed by atoms with E-state index in [1.807, 2.05) is 0 Å². The van der Waals surface area contributed by atoms with Crippen LogP contribution in [0.5, 0.6) is 0 Å². The summed E-state index contributed by atoms with van der Waals surface area (Å²) in [6, 6.07) is -0.331. The van der Waals surface area contributed by atoms with Crippen LogP contribution in [0.3, 0.4) is 0 Å². The average Bonchev–Trinajstić information content (AvgIpc) is 3.53.